The number of aromatic nitrogens is 1. The third-order valence-corrected chi connectivity index (χ3v) is 5.47. The van der Waals surface area contributed by atoms with Crippen LogP contribution < -0.4 is 5.32 Å². The standard InChI is InChI=1S/C25H28FN3O3/c1-18-16-29(11-12-31-18)17-20-6-4-5-19(13-20)14-27-24(30)9-10-25-28-15-23(32-25)21-7-2-3-8-22(21)26/h2-8,13,15,18H,9-12,14,16-17H2,1H3,(H,27,30). The van der Waals surface area contributed by atoms with Crippen molar-refractivity contribution in [3.8, 4) is 11.3 Å². The van der Waals surface area contributed by atoms with Gasteiger partial charge in [-0.25, -0.2) is 9.37 Å². The average Bonchev–Trinajstić information content (AvgIpc) is 3.26. The maximum atomic E-state index is 13.9. The number of oxazole rings is 1. The first-order valence-corrected chi connectivity index (χ1v) is 10.9. The molecule has 4 rings (SSSR count). The van der Waals surface area contributed by atoms with E-state index in [1.165, 1.54) is 17.8 Å². The van der Waals surface area contributed by atoms with Crippen LogP contribution in [0.5, 0.6) is 0 Å². The predicted octanol–water partition coefficient (Wildman–Crippen LogP) is 3.95. The lowest BCUT2D eigenvalue weighted by Gasteiger charge is -2.31. The number of carbonyl (C=O) groups is 1. The fourth-order valence-corrected chi connectivity index (χ4v) is 3.85. The largest absolute Gasteiger partial charge is 0.441 e. The van der Waals surface area contributed by atoms with Gasteiger partial charge in [0.15, 0.2) is 11.7 Å². The molecule has 6 nitrogen and oxygen atoms in total. The third kappa shape index (κ3) is 6.02. The van der Waals surface area contributed by atoms with Crippen molar-refractivity contribution in [1.29, 1.82) is 0 Å². The van der Waals surface area contributed by atoms with E-state index in [2.05, 4.69) is 34.3 Å². The van der Waals surface area contributed by atoms with Crippen molar-refractivity contribution in [2.75, 3.05) is 19.7 Å². The molecule has 0 saturated carbocycles. The number of aryl methyl sites for hydroxylation is 1. The van der Waals surface area contributed by atoms with Gasteiger partial charge in [0.25, 0.3) is 0 Å². The minimum atomic E-state index is -0.363. The summed E-state index contributed by atoms with van der Waals surface area (Å²) in [6, 6.07) is 14.7. The minimum absolute atomic E-state index is 0.0805. The molecule has 1 N–H and O–H groups in total. The molecule has 7 heteroatoms. The predicted molar refractivity (Wildman–Crippen MR) is 119 cm³/mol. The number of morpholine rings is 1. The van der Waals surface area contributed by atoms with E-state index in [1.807, 2.05) is 12.1 Å². The summed E-state index contributed by atoms with van der Waals surface area (Å²) in [6.07, 6.45) is 2.36. The maximum Gasteiger partial charge on any atom is 0.220 e. The van der Waals surface area contributed by atoms with Crippen LogP contribution in [0.15, 0.2) is 59.1 Å². The lowest BCUT2D eigenvalue weighted by molar-refractivity contribution is -0.121. The lowest BCUT2D eigenvalue weighted by Crippen LogP contribution is -2.40. The van der Waals surface area contributed by atoms with Gasteiger partial charge in [0.2, 0.25) is 5.91 Å². The third-order valence-electron chi connectivity index (χ3n) is 5.47. The molecule has 168 valence electrons. The number of rotatable bonds is 8. The first-order chi connectivity index (χ1) is 15.6. The van der Waals surface area contributed by atoms with Gasteiger partial charge in [-0.3, -0.25) is 9.69 Å². The lowest BCUT2D eigenvalue weighted by atomic mass is 10.1. The number of hydrogen-bond acceptors (Lipinski definition) is 5. The molecule has 1 aliphatic rings. The fourth-order valence-electron chi connectivity index (χ4n) is 3.85. The topological polar surface area (TPSA) is 67.6 Å². The van der Waals surface area contributed by atoms with E-state index in [0.717, 1.165) is 31.8 Å². The molecule has 3 aromatic rings. The molecule has 0 radical (unpaired) electrons. The van der Waals surface area contributed by atoms with Crippen LogP contribution in [0.1, 0.15) is 30.4 Å². The van der Waals surface area contributed by atoms with Crippen LogP contribution >= 0.6 is 0 Å². The number of halogens is 1. The Labute approximate surface area is 187 Å². The summed E-state index contributed by atoms with van der Waals surface area (Å²) in [7, 11) is 0. The second-order valence-corrected chi connectivity index (χ2v) is 8.11. The summed E-state index contributed by atoms with van der Waals surface area (Å²) < 4.78 is 25.1. The van der Waals surface area contributed by atoms with Gasteiger partial charge < -0.3 is 14.5 Å². The number of hydrogen-bond donors (Lipinski definition) is 1. The van der Waals surface area contributed by atoms with Crippen LogP contribution in [0.25, 0.3) is 11.3 Å². The number of nitrogens with zero attached hydrogens (tertiary/aromatic N) is 2. The van der Waals surface area contributed by atoms with Crippen LogP contribution in [0.3, 0.4) is 0 Å². The van der Waals surface area contributed by atoms with Gasteiger partial charge in [0.05, 0.1) is 24.5 Å². The number of carbonyl (C=O) groups excluding carboxylic acids is 1. The minimum Gasteiger partial charge on any atom is -0.441 e. The van der Waals surface area contributed by atoms with E-state index >= 15 is 0 Å². The molecule has 1 unspecified atom stereocenters. The average molecular weight is 438 g/mol. The van der Waals surface area contributed by atoms with Crippen molar-refractivity contribution >= 4 is 5.91 Å². The molecule has 1 fully saturated rings. The van der Waals surface area contributed by atoms with Crippen molar-refractivity contribution in [2.45, 2.75) is 39.0 Å². The van der Waals surface area contributed by atoms with Crippen molar-refractivity contribution in [3.63, 3.8) is 0 Å². The normalized spacial score (nSPS) is 16.8. The van der Waals surface area contributed by atoms with Crippen molar-refractivity contribution < 1.29 is 18.3 Å². The van der Waals surface area contributed by atoms with Crippen molar-refractivity contribution in [1.82, 2.24) is 15.2 Å². The molecule has 1 aliphatic heterocycles. The molecule has 1 atom stereocenters. The molecule has 2 aromatic carbocycles. The molecule has 2 heterocycles. The Bertz CT molecular complexity index is 1050. The summed E-state index contributed by atoms with van der Waals surface area (Å²) in [5, 5.41) is 2.95. The van der Waals surface area contributed by atoms with Crippen LogP contribution in [-0.2, 0) is 29.0 Å². The van der Waals surface area contributed by atoms with Gasteiger partial charge in [0.1, 0.15) is 5.82 Å². The van der Waals surface area contributed by atoms with Crippen LogP contribution in [0.4, 0.5) is 4.39 Å². The fraction of sp³-hybridized carbons (Fsp3) is 0.360. The van der Waals surface area contributed by atoms with Gasteiger partial charge in [-0.2, -0.15) is 0 Å². The Hall–Kier alpha value is -3.03. The molecule has 1 saturated heterocycles. The van der Waals surface area contributed by atoms with Crippen LogP contribution in [0.2, 0.25) is 0 Å². The van der Waals surface area contributed by atoms with E-state index in [4.69, 9.17) is 9.15 Å². The van der Waals surface area contributed by atoms with Gasteiger partial charge in [-0.15, -0.1) is 0 Å². The van der Waals surface area contributed by atoms with Gasteiger partial charge in [-0.1, -0.05) is 36.4 Å². The molecular formula is C25H28FN3O3. The quantitative estimate of drug-likeness (QED) is 0.578. The zero-order valence-corrected chi connectivity index (χ0v) is 18.2. The van der Waals surface area contributed by atoms with E-state index < -0.39 is 0 Å². The second-order valence-electron chi connectivity index (χ2n) is 8.11. The van der Waals surface area contributed by atoms with Crippen molar-refractivity contribution in [3.05, 3.63) is 77.6 Å². The van der Waals surface area contributed by atoms with Gasteiger partial charge >= 0.3 is 0 Å². The second kappa shape index (κ2) is 10.5. The number of nitrogens with one attached hydrogen (secondary N) is 1. The smallest absolute Gasteiger partial charge is 0.220 e. The SMILES string of the molecule is CC1CN(Cc2cccc(CNC(=O)CCc3ncc(-c4ccccc4F)o3)c2)CCO1. The highest BCUT2D eigenvalue weighted by molar-refractivity contribution is 5.76. The van der Waals surface area contributed by atoms with Crippen LogP contribution in [-0.4, -0.2) is 41.6 Å². The van der Waals surface area contributed by atoms with Crippen molar-refractivity contribution in [2.24, 2.45) is 0 Å². The molecule has 32 heavy (non-hydrogen) atoms. The highest BCUT2D eigenvalue weighted by Crippen LogP contribution is 2.23. The highest BCUT2D eigenvalue weighted by Gasteiger charge is 2.17. The van der Waals surface area contributed by atoms with E-state index in [0.29, 0.717) is 30.2 Å². The number of amides is 1. The summed E-state index contributed by atoms with van der Waals surface area (Å²) in [6.45, 7) is 6.08. The van der Waals surface area contributed by atoms with Crippen LogP contribution in [0, 0.1) is 5.82 Å². The molecule has 0 aliphatic carbocycles. The van der Waals surface area contributed by atoms with Gasteiger partial charge in [-0.05, 0) is 30.2 Å². The summed E-state index contributed by atoms with van der Waals surface area (Å²) >= 11 is 0. The Kier molecular flexibility index (Phi) is 7.29. The monoisotopic (exact) mass is 437 g/mol. The summed E-state index contributed by atoms with van der Waals surface area (Å²) in [4.78, 5) is 18.9. The Morgan fingerprint density at radius 1 is 1.22 bits per heavy atom. The highest BCUT2D eigenvalue weighted by atomic mass is 19.1. The summed E-state index contributed by atoms with van der Waals surface area (Å²) in [5.41, 5.74) is 2.66. The first-order valence-electron chi connectivity index (χ1n) is 10.9. The van der Waals surface area contributed by atoms with Gasteiger partial charge in [0, 0.05) is 39.0 Å². The Morgan fingerprint density at radius 2 is 2.06 bits per heavy atom. The number of ether oxygens (including phenoxy) is 1. The molecule has 1 aromatic heterocycles. The number of benzene rings is 2. The molecular weight excluding hydrogens is 409 g/mol. The van der Waals surface area contributed by atoms with E-state index in [1.54, 1.807) is 18.2 Å². The first kappa shape index (κ1) is 22.2. The molecule has 0 spiro atoms. The zero-order valence-electron chi connectivity index (χ0n) is 18.2. The zero-order chi connectivity index (χ0) is 22.3. The van der Waals surface area contributed by atoms with E-state index in [-0.39, 0.29) is 24.2 Å². The van der Waals surface area contributed by atoms with E-state index in [9.17, 15) is 9.18 Å². The Balaban J connectivity index is 1.24. The Morgan fingerprint density at radius 3 is 2.91 bits per heavy atom. The molecule has 0 bridgehead atoms. The molecule has 1 amide bonds. The maximum absolute atomic E-state index is 13.9. The summed E-state index contributed by atoms with van der Waals surface area (Å²) in [5.74, 6) is 0.339.